The minimum Gasteiger partial charge on any atom is -0.487 e. The van der Waals surface area contributed by atoms with Crippen molar-refractivity contribution in [3.63, 3.8) is 0 Å². The number of para-hydroxylation sites is 1. The Kier molecular flexibility index (Phi) is 6.49. The Morgan fingerprint density at radius 1 is 1.30 bits per heavy atom. The van der Waals surface area contributed by atoms with Crippen molar-refractivity contribution in [2.45, 2.75) is 82.4 Å². The van der Waals surface area contributed by atoms with E-state index < -0.39 is 0 Å². The molecular weight excluding hydrogens is 376 g/mol. The van der Waals surface area contributed by atoms with Crippen LogP contribution in [0.4, 0.5) is 0 Å². The number of hydrogen-bond acceptors (Lipinski definition) is 3. The van der Waals surface area contributed by atoms with E-state index in [-0.39, 0.29) is 11.6 Å². The average molecular weight is 413 g/mol. The van der Waals surface area contributed by atoms with Crippen LogP contribution in [-0.2, 0) is 4.79 Å². The van der Waals surface area contributed by atoms with Gasteiger partial charge >= 0.3 is 0 Å². The van der Waals surface area contributed by atoms with E-state index in [0.717, 1.165) is 63.3 Å². The molecule has 1 amide bonds. The highest BCUT2D eigenvalue weighted by Gasteiger charge is 2.43. The van der Waals surface area contributed by atoms with Crippen LogP contribution >= 0.6 is 0 Å². The molecule has 3 aliphatic rings. The molecule has 2 atom stereocenters. The Bertz CT molecular complexity index is 772. The molecule has 1 saturated heterocycles. The van der Waals surface area contributed by atoms with E-state index in [0.29, 0.717) is 18.4 Å². The van der Waals surface area contributed by atoms with Gasteiger partial charge in [0.15, 0.2) is 5.96 Å². The van der Waals surface area contributed by atoms with Crippen molar-refractivity contribution < 1.29 is 9.53 Å². The summed E-state index contributed by atoms with van der Waals surface area (Å²) in [5.41, 5.74) is 1.18. The van der Waals surface area contributed by atoms with Crippen molar-refractivity contribution in [3.8, 4) is 5.75 Å². The van der Waals surface area contributed by atoms with E-state index in [1.54, 1.807) is 0 Å². The number of ether oxygens (including phenoxy) is 1. The van der Waals surface area contributed by atoms with E-state index in [4.69, 9.17) is 4.74 Å². The third-order valence-electron chi connectivity index (χ3n) is 7.04. The fourth-order valence-corrected chi connectivity index (χ4v) is 5.42. The quantitative estimate of drug-likeness (QED) is 0.551. The van der Waals surface area contributed by atoms with Crippen molar-refractivity contribution in [3.05, 3.63) is 29.8 Å². The summed E-state index contributed by atoms with van der Waals surface area (Å²) < 4.78 is 6.48. The van der Waals surface area contributed by atoms with Gasteiger partial charge in [0, 0.05) is 44.6 Å². The second-order valence-electron chi connectivity index (χ2n) is 8.97. The van der Waals surface area contributed by atoms with Gasteiger partial charge in [-0.1, -0.05) is 25.1 Å². The average Bonchev–Trinajstić information content (AvgIpc) is 3.39. The molecule has 30 heavy (non-hydrogen) atoms. The number of benzene rings is 1. The highest BCUT2D eigenvalue weighted by atomic mass is 16.5. The molecule has 1 aromatic carbocycles. The number of amides is 1. The van der Waals surface area contributed by atoms with Crippen molar-refractivity contribution in [2.75, 3.05) is 20.1 Å². The number of fused-ring (bicyclic) bond motifs is 1. The number of carbonyl (C=O) groups is 1. The van der Waals surface area contributed by atoms with E-state index in [1.165, 1.54) is 18.4 Å². The Morgan fingerprint density at radius 2 is 2.10 bits per heavy atom. The molecule has 1 spiro atoms. The topological polar surface area (TPSA) is 66.0 Å². The summed E-state index contributed by atoms with van der Waals surface area (Å²) in [4.78, 5) is 18.6. The Hall–Kier alpha value is -2.24. The first kappa shape index (κ1) is 21.0. The Balaban J connectivity index is 1.37. The minimum absolute atomic E-state index is 0.0334. The third-order valence-corrected chi connectivity index (χ3v) is 7.04. The lowest BCUT2D eigenvalue weighted by Crippen LogP contribution is -2.47. The largest absolute Gasteiger partial charge is 0.487 e. The molecule has 2 N–H and O–H groups in total. The first-order valence-electron chi connectivity index (χ1n) is 11.7. The molecule has 1 aliphatic carbocycles. The molecule has 6 heteroatoms. The maximum Gasteiger partial charge on any atom is 0.222 e. The van der Waals surface area contributed by atoms with Crippen molar-refractivity contribution >= 4 is 11.9 Å². The zero-order valence-corrected chi connectivity index (χ0v) is 18.5. The number of aliphatic imine (C=N–C) groups is 1. The highest BCUT2D eigenvalue weighted by molar-refractivity contribution is 5.80. The fraction of sp³-hybridized carbons (Fsp3) is 0.667. The zero-order valence-electron chi connectivity index (χ0n) is 18.5. The summed E-state index contributed by atoms with van der Waals surface area (Å²) in [5.74, 6) is 2.15. The van der Waals surface area contributed by atoms with Crippen molar-refractivity contribution in [1.29, 1.82) is 0 Å². The standard InChI is InChI=1S/C24H36N4O2/c1-3-18(28-16-8-11-22(28)29)12-15-26-23(25-2)27-20-17-24(13-6-7-14-24)30-21-10-5-4-9-19(20)21/h4-5,9-10,18,20H,3,6-8,11-17H2,1-2H3,(H2,25,26,27). The van der Waals surface area contributed by atoms with Crippen LogP contribution in [0.15, 0.2) is 29.3 Å². The summed E-state index contributed by atoms with van der Waals surface area (Å²) in [6.45, 7) is 3.88. The van der Waals surface area contributed by atoms with Gasteiger partial charge in [0.05, 0.1) is 6.04 Å². The van der Waals surface area contributed by atoms with Gasteiger partial charge in [0.1, 0.15) is 11.4 Å². The number of likely N-dealkylation sites (tertiary alicyclic amines) is 1. The molecule has 2 unspecified atom stereocenters. The molecule has 2 heterocycles. The molecule has 6 nitrogen and oxygen atoms in total. The van der Waals surface area contributed by atoms with Crippen LogP contribution in [0.3, 0.4) is 0 Å². The van der Waals surface area contributed by atoms with Crippen LogP contribution in [-0.4, -0.2) is 48.5 Å². The van der Waals surface area contributed by atoms with Crippen molar-refractivity contribution in [1.82, 2.24) is 15.5 Å². The molecule has 1 saturated carbocycles. The van der Waals surface area contributed by atoms with Crippen LogP contribution in [0.5, 0.6) is 5.75 Å². The zero-order chi connectivity index (χ0) is 21.0. The number of rotatable bonds is 6. The second kappa shape index (κ2) is 9.27. The summed E-state index contributed by atoms with van der Waals surface area (Å²) >= 11 is 0. The molecule has 0 aromatic heterocycles. The summed E-state index contributed by atoms with van der Waals surface area (Å²) in [5, 5.41) is 7.15. The van der Waals surface area contributed by atoms with Crippen LogP contribution < -0.4 is 15.4 Å². The van der Waals surface area contributed by atoms with Gasteiger partial charge in [-0.2, -0.15) is 0 Å². The molecule has 2 aliphatic heterocycles. The maximum atomic E-state index is 12.1. The third kappa shape index (κ3) is 4.42. The lowest BCUT2D eigenvalue weighted by atomic mass is 9.86. The summed E-state index contributed by atoms with van der Waals surface area (Å²) in [6.07, 6.45) is 9.37. The predicted octanol–water partition coefficient (Wildman–Crippen LogP) is 3.78. The monoisotopic (exact) mass is 412 g/mol. The van der Waals surface area contributed by atoms with E-state index >= 15 is 0 Å². The number of hydrogen-bond donors (Lipinski definition) is 2. The maximum absolute atomic E-state index is 12.1. The Morgan fingerprint density at radius 3 is 2.80 bits per heavy atom. The van der Waals surface area contributed by atoms with Crippen LogP contribution in [0.2, 0.25) is 0 Å². The van der Waals surface area contributed by atoms with E-state index in [1.807, 2.05) is 7.05 Å². The first-order chi connectivity index (χ1) is 14.6. The Labute approximate surface area is 180 Å². The lowest BCUT2D eigenvalue weighted by molar-refractivity contribution is -0.129. The summed E-state index contributed by atoms with van der Waals surface area (Å²) in [6, 6.07) is 8.91. The van der Waals surface area contributed by atoms with Gasteiger partial charge in [-0.25, -0.2) is 0 Å². The van der Waals surface area contributed by atoms with Crippen LogP contribution in [0, 0.1) is 0 Å². The molecule has 4 rings (SSSR count). The van der Waals surface area contributed by atoms with Gasteiger partial charge in [0.2, 0.25) is 5.91 Å². The van der Waals surface area contributed by atoms with Crippen molar-refractivity contribution in [2.24, 2.45) is 4.99 Å². The second-order valence-corrected chi connectivity index (χ2v) is 8.97. The van der Waals surface area contributed by atoms with E-state index in [9.17, 15) is 4.79 Å². The van der Waals surface area contributed by atoms with Gasteiger partial charge in [-0.3, -0.25) is 9.79 Å². The SMILES string of the molecule is CCC(CCNC(=NC)NC1CC2(CCCC2)Oc2ccccc21)N1CCCC1=O. The van der Waals surface area contributed by atoms with Gasteiger partial charge in [-0.05, 0) is 51.0 Å². The molecular formula is C24H36N4O2. The fourth-order valence-electron chi connectivity index (χ4n) is 5.42. The predicted molar refractivity (Wildman–Crippen MR) is 120 cm³/mol. The lowest BCUT2D eigenvalue weighted by Gasteiger charge is -2.40. The first-order valence-corrected chi connectivity index (χ1v) is 11.7. The number of nitrogens with zero attached hydrogens (tertiary/aromatic N) is 2. The molecule has 0 radical (unpaired) electrons. The van der Waals surface area contributed by atoms with Gasteiger partial charge < -0.3 is 20.3 Å². The minimum atomic E-state index is -0.0334. The molecule has 0 bridgehead atoms. The normalized spacial score (nSPS) is 23.9. The number of carbonyl (C=O) groups excluding carboxylic acids is 1. The molecule has 164 valence electrons. The van der Waals surface area contributed by atoms with Gasteiger partial charge in [-0.15, -0.1) is 0 Å². The highest BCUT2D eigenvalue weighted by Crippen LogP contribution is 2.46. The molecule has 1 aromatic rings. The van der Waals surface area contributed by atoms with Crippen LogP contribution in [0.1, 0.15) is 76.3 Å². The summed E-state index contributed by atoms with van der Waals surface area (Å²) in [7, 11) is 1.83. The van der Waals surface area contributed by atoms with Crippen LogP contribution in [0.25, 0.3) is 0 Å². The number of nitrogens with one attached hydrogen (secondary N) is 2. The smallest absolute Gasteiger partial charge is 0.222 e. The van der Waals surface area contributed by atoms with Gasteiger partial charge in [0.25, 0.3) is 0 Å². The van der Waals surface area contributed by atoms with E-state index in [2.05, 4.69) is 51.7 Å². The molecule has 2 fully saturated rings. The number of guanidine groups is 1.